The highest BCUT2D eigenvalue weighted by Crippen LogP contribution is 2.24. The first kappa shape index (κ1) is 18.5. The number of amides is 2. The quantitative estimate of drug-likeness (QED) is 0.862. The normalized spacial score (nSPS) is 20.7. The molecule has 128 valence electrons. The lowest BCUT2D eigenvalue weighted by Gasteiger charge is -2.24. The summed E-state index contributed by atoms with van der Waals surface area (Å²) in [5, 5.41) is 2.36. The number of nitrogens with zero attached hydrogens (tertiary/aromatic N) is 1. The van der Waals surface area contributed by atoms with E-state index in [4.69, 9.17) is 4.74 Å². The van der Waals surface area contributed by atoms with Crippen molar-refractivity contribution < 1.29 is 32.2 Å². The standard InChI is InChI=1S/C13H21F3N2O4/c1-8(17-11(20)22-12(2,3)4)10(19)18-6-5-9(7-18)21-13(14,15)16/h8-9H,5-7H2,1-4H3,(H,17,20)/t8-,9?/m1/s1. The van der Waals surface area contributed by atoms with Gasteiger partial charge in [0.1, 0.15) is 11.6 Å². The van der Waals surface area contributed by atoms with Gasteiger partial charge in [-0.2, -0.15) is 0 Å². The maximum absolute atomic E-state index is 12.1. The molecule has 1 heterocycles. The Kier molecular flexibility index (Phi) is 5.66. The molecule has 0 bridgehead atoms. The van der Waals surface area contributed by atoms with Crippen LogP contribution in [-0.2, 0) is 14.3 Å². The minimum absolute atomic E-state index is 0.102. The molecule has 0 aromatic rings. The Balaban J connectivity index is 2.46. The van der Waals surface area contributed by atoms with E-state index in [-0.39, 0.29) is 19.5 Å². The third-order valence-electron chi connectivity index (χ3n) is 2.86. The Bertz CT molecular complexity index is 420. The van der Waals surface area contributed by atoms with Crippen molar-refractivity contribution >= 4 is 12.0 Å². The summed E-state index contributed by atoms with van der Waals surface area (Å²) >= 11 is 0. The van der Waals surface area contributed by atoms with Crippen molar-refractivity contribution in [2.45, 2.75) is 58.2 Å². The van der Waals surface area contributed by atoms with Gasteiger partial charge in [-0.1, -0.05) is 0 Å². The van der Waals surface area contributed by atoms with Crippen molar-refractivity contribution in [3.05, 3.63) is 0 Å². The minimum atomic E-state index is -4.72. The largest absolute Gasteiger partial charge is 0.522 e. The lowest BCUT2D eigenvalue weighted by molar-refractivity contribution is -0.340. The van der Waals surface area contributed by atoms with E-state index in [9.17, 15) is 22.8 Å². The molecule has 0 aromatic heterocycles. The molecule has 1 aliphatic heterocycles. The van der Waals surface area contributed by atoms with E-state index in [2.05, 4.69) is 10.1 Å². The van der Waals surface area contributed by atoms with Gasteiger partial charge in [-0.15, -0.1) is 13.2 Å². The van der Waals surface area contributed by atoms with Gasteiger partial charge in [-0.3, -0.25) is 9.53 Å². The summed E-state index contributed by atoms with van der Waals surface area (Å²) in [5.41, 5.74) is -0.702. The Morgan fingerprint density at radius 2 is 1.86 bits per heavy atom. The van der Waals surface area contributed by atoms with Gasteiger partial charge in [-0.25, -0.2) is 4.79 Å². The van der Waals surface area contributed by atoms with Gasteiger partial charge < -0.3 is 15.0 Å². The highest BCUT2D eigenvalue weighted by molar-refractivity contribution is 5.85. The molecule has 1 saturated heterocycles. The molecule has 9 heteroatoms. The lowest BCUT2D eigenvalue weighted by Crippen LogP contribution is -2.47. The number of hydrogen-bond acceptors (Lipinski definition) is 4. The maximum atomic E-state index is 12.1. The first-order valence-corrected chi connectivity index (χ1v) is 6.90. The van der Waals surface area contributed by atoms with Gasteiger partial charge >= 0.3 is 12.5 Å². The van der Waals surface area contributed by atoms with Crippen LogP contribution in [0.1, 0.15) is 34.1 Å². The van der Waals surface area contributed by atoms with Crippen molar-refractivity contribution in [2.75, 3.05) is 13.1 Å². The van der Waals surface area contributed by atoms with Crippen molar-refractivity contribution in [3.63, 3.8) is 0 Å². The van der Waals surface area contributed by atoms with Crippen LogP contribution in [0.25, 0.3) is 0 Å². The molecule has 0 saturated carbocycles. The molecule has 1 unspecified atom stereocenters. The van der Waals surface area contributed by atoms with Crippen LogP contribution in [0.2, 0.25) is 0 Å². The van der Waals surface area contributed by atoms with Crippen LogP contribution in [0.4, 0.5) is 18.0 Å². The SMILES string of the molecule is C[C@@H](NC(=O)OC(C)(C)C)C(=O)N1CCC(OC(F)(F)F)C1. The first-order valence-electron chi connectivity index (χ1n) is 6.90. The van der Waals surface area contributed by atoms with Gasteiger partial charge in [0.25, 0.3) is 0 Å². The molecule has 0 aliphatic carbocycles. The van der Waals surface area contributed by atoms with Crippen LogP contribution in [0, 0.1) is 0 Å². The average Bonchev–Trinajstić information content (AvgIpc) is 2.70. The summed E-state index contributed by atoms with van der Waals surface area (Å²) in [6.07, 6.45) is -6.44. The highest BCUT2D eigenvalue weighted by atomic mass is 19.4. The molecular formula is C13H21F3N2O4. The van der Waals surface area contributed by atoms with Crippen molar-refractivity contribution in [3.8, 4) is 0 Å². The summed E-state index contributed by atoms with van der Waals surface area (Å²) in [6, 6.07) is -0.889. The molecule has 1 aliphatic rings. The Hall–Kier alpha value is -1.51. The molecule has 22 heavy (non-hydrogen) atoms. The first-order chi connectivity index (χ1) is 9.87. The van der Waals surface area contributed by atoms with E-state index in [1.54, 1.807) is 20.8 Å². The third kappa shape index (κ3) is 6.50. The van der Waals surface area contributed by atoms with Gasteiger partial charge in [0.2, 0.25) is 5.91 Å². The van der Waals surface area contributed by atoms with E-state index in [0.29, 0.717) is 0 Å². The second kappa shape index (κ2) is 6.72. The fourth-order valence-electron chi connectivity index (χ4n) is 2.03. The molecule has 2 atom stereocenters. The number of ether oxygens (including phenoxy) is 2. The zero-order valence-corrected chi connectivity index (χ0v) is 13.0. The summed E-state index contributed by atoms with van der Waals surface area (Å²) < 4.78 is 45.3. The predicted octanol–water partition coefficient (Wildman–Crippen LogP) is 2.04. The molecule has 0 spiro atoms. The zero-order chi connectivity index (χ0) is 17.1. The predicted molar refractivity (Wildman–Crippen MR) is 71.0 cm³/mol. The average molecular weight is 326 g/mol. The molecule has 1 N–H and O–H groups in total. The van der Waals surface area contributed by atoms with Crippen LogP contribution >= 0.6 is 0 Å². The zero-order valence-electron chi connectivity index (χ0n) is 13.0. The third-order valence-corrected chi connectivity index (χ3v) is 2.86. The number of alkyl halides is 3. The summed E-state index contributed by atoms with van der Waals surface area (Å²) in [7, 11) is 0. The van der Waals surface area contributed by atoms with E-state index < -0.39 is 36.1 Å². The van der Waals surface area contributed by atoms with Crippen LogP contribution in [0.5, 0.6) is 0 Å². The molecular weight excluding hydrogens is 305 g/mol. The van der Waals surface area contributed by atoms with Crippen LogP contribution in [0.3, 0.4) is 0 Å². The summed E-state index contributed by atoms with van der Waals surface area (Å²) in [5.74, 6) is -0.473. The number of rotatable bonds is 3. The number of likely N-dealkylation sites (tertiary alicyclic amines) is 1. The highest BCUT2D eigenvalue weighted by Gasteiger charge is 2.38. The number of carbonyl (C=O) groups is 2. The lowest BCUT2D eigenvalue weighted by atomic mass is 10.2. The van der Waals surface area contributed by atoms with Crippen molar-refractivity contribution in [2.24, 2.45) is 0 Å². The second-order valence-electron chi connectivity index (χ2n) is 6.13. The monoisotopic (exact) mass is 326 g/mol. The number of carbonyl (C=O) groups excluding carboxylic acids is 2. The van der Waals surface area contributed by atoms with Gasteiger partial charge in [0, 0.05) is 13.1 Å². The molecule has 1 rings (SSSR count). The topological polar surface area (TPSA) is 67.9 Å². The fourth-order valence-corrected chi connectivity index (χ4v) is 2.03. The van der Waals surface area contributed by atoms with Crippen LogP contribution < -0.4 is 5.32 Å². The smallest absolute Gasteiger partial charge is 0.444 e. The number of nitrogens with one attached hydrogen (secondary N) is 1. The molecule has 2 amide bonds. The Labute approximate surface area is 126 Å². The van der Waals surface area contributed by atoms with E-state index in [1.807, 2.05) is 0 Å². The number of alkyl carbamates (subject to hydrolysis) is 1. The number of halogens is 3. The molecule has 0 radical (unpaired) electrons. The summed E-state index contributed by atoms with van der Waals surface area (Å²) in [4.78, 5) is 24.9. The van der Waals surface area contributed by atoms with E-state index in [1.165, 1.54) is 11.8 Å². The van der Waals surface area contributed by atoms with Gasteiger partial charge in [0.15, 0.2) is 0 Å². The van der Waals surface area contributed by atoms with Gasteiger partial charge in [0.05, 0.1) is 6.10 Å². The minimum Gasteiger partial charge on any atom is -0.444 e. The maximum Gasteiger partial charge on any atom is 0.522 e. The van der Waals surface area contributed by atoms with E-state index in [0.717, 1.165) is 0 Å². The molecule has 1 fully saturated rings. The van der Waals surface area contributed by atoms with E-state index >= 15 is 0 Å². The van der Waals surface area contributed by atoms with Gasteiger partial charge in [-0.05, 0) is 34.1 Å². The summed E-state index contributed by atoms with van der Waals surface area (Å²) in [6.45, 7) is 6.48. The van der Waals surface area contributed by atoms with Crippen molar-refractivity contribution in [1.29, 1.82) is 0 Å². The fraction of sp³-hybridized carbons (Fsp3) is 0.846. The van der Waals surface area contributed by atoms with Crippen LogP contribution in [0.15, 0.2) is 0 Å². The van der Waals surface area contributed by atoms with Crippen LogP contribution in [-0.4, -0.2) is 54.1 Å². The Morgan fingerprint density at radius 1 is 1.27 bits per heavy atom. The second-order valence-corrected chi connectivity index (χ2v) is 6.13. The number of hydrogen-bond donors (Lipinski definition) is 1. The van der Waals surface area contributed by atoms with Crippen molar-refractivity contribution in [1.82, 2.24) is 10.2 Å². The molecule has 6 nitrogen and oxygen atoms in total. The molecule has 0 aromatic carbocycles. The Morgan fingerprint density at radius 3 is 2.36 bits per heavy atom.